The van der Waals surface area contributed by atoms with E-state index in [9.17, 15) is 13.2 Å². The number of aromatic nitrogens is 5. The van der Waals surface area contributed by atoms with Gasteiger partial charge in [-0.3, -0.25) is 4.98 Å². The molecule has 0 atom stereocenters. The SMILES string of the molecule is Cc1cc(CSc2nnnn2CC(F)(F)F)c2ccccc2n1. The summed E-state index contributed by atoms with van der Waals surface area (Å²) < 4.78 is 38.2. The molecule has 2 heterocycles. The summed E-state index contributed by atoms with van der Waals surface area (Å²) >= 11 is 1.17. The number of fused-ring (bicyclic) bond motifs is 1. The van der Waals surface area contributed by atoms with E-state index in [0.717, 1.165) is 26.8 Å². The van der Waals surface area contributed by atoms with Gasteiger partial charge in [-0.25, -0.2) is 4.68 Å². The molecule has 0 unspecified atom stereocenters. The molecule has 2 aromatic heterocycles. The number of hydrogen-bond donors (Lipinski definition) is 0. The first-order valence-corrected chi connectivity index (χ1v) is 7.72. The maximum absolute atomic E-state index is 12.5. The van der Waals surface area contributed by atoms with E-state index in [2.05, 4.69) is 20.5 Å². The highest BCUT2D eigenvalue weighted by Gasteiger charge is 2.30. The minimum Gasteiger partial charge on any atom is -0.253 e. The van der Waals surface area contributed by atoms with E-state index >= 15 is 0 Å². The van der Waals surface area contributed by atoms with E-state index in [1.165, 1.54) is 11.8 Å². The minimum atomic E-state index is -4.36. The van der Waals surface area contributed by atoms with Crippen LogP contribution in [0.5, 0.6) is 0 Å². The second-order valence-corrected chi connectivity index (χ2v) is 5.91. The van der Waals surface area contributed by atoms with E-state index in [1.54, 1.807) is 0 Å². The third kappa shape index (κ3) is 3.79. The fourth-order valence-corrected chi connectivity index (χ4v) is 3.09. The van der Waals surface area contributed by atoms with Crippen molar-refractivity contribution in [1.29, 1.82) is 0 Å². The number of tetrazole rings is 1. The Morgan fingerprint density at radius 3 is 2.78 bits per heavy atom. The number of para-hydroxylation sites is 1. The maximum atomic E-state index is 12.5. The van der Waals surface area contributed by atoms with Crippen LogP contribution in [0.4, 0.5) is 13.2 Å². The van der Waals surface area contributed by atoms with Gasteiger partial charge in [0.1, 0.15) is 6.54 Å². The zero-order valence-electron chi connectivity index (χ0n) is 12.1. The second-order valence-electron chi connectivity index (χ2n) is 4.96. The topological polar surface area (TPSA) is 56.5 Å². The summed E-state index contributed by atoms with van der Waals surface area (Å²) in [6.45, 7) is 0.687. The minimum absolute atomic E-state index is 0.140. The lowest BCUT2D eigenvalue weighted by molar-refractivity contribution is -0.144. The van der Waals surface area contributed by atoms with E-state index < -0.39 is 12.7 Å². The molecule has 0 aliphatic rings. The van der Waals surface area contributed by atoms with Gasteiger partial charge < -0.3 is 0 Å². The lowest BCUT2D eigenvalue weighted by atomic mass is 10.1. The average molecular weight is 339 g/mol. The highest BCUT2D eigenvalue weighted by Crippen LogP contribution is 2.27. The normalized spacial score (nSPS) is 12.0. The number of benzene rings is 1. The number of halogens is 3. The molecule has 0 amide bonds. The largest absolute Gasteiger partial charge is 0.408 e. The molecular formula is C14H12F3N5S. The van der Waals surface area contributed by atoms with Gasteiger partial charge in [0.15, 0.2) is 0 Å². The van der Waals surface area contributed by atoms with E-state index in [1.807, 2.05) is 37.3 Å². The summed E-state index contributed by atoms with van der Waals surface area (Å²) in [5.74, 6) is 0.460. The Bertz CT molecular complexity index is 831. The molecule has 23 heavy (non-hydrogen) atoms. The zero-order chi connectivity index (χ0) is 16.4. The van der Waals surface area contributed by atoms with Crippen LogP contribution in [0.25, 0.3) is 10.9 Å². The Kier molecular flexibility index (Phi) is 4.20. The predicted octanol–water partition coefficient (Wildman–Crippen LogP) is 3.38. The number of nitrogens with zero attached hydrogens (tertiary/aromatic N) is 5. The molecule has 0 aliphatic heterocycles. The van der Waals surface area contributed by atoms with Gasteiger partial charge in [0.05, 0.1) is 5.52 Å². The first kappa shape index (κ1) is 15.7. The Balaban J connectivity index is 1.83. The lowest BCUT2D eigenvalue weighted by Crippen LogP contribution is -2.19. The Morgan fingerprint density at radius 1 is 1.22 bits per heavy atom. The highest BCUT2D eigenvalue weighted by atomic mass is 32.2. The van der Waals surface area contributed by atoms with Gasteiger partial charge in [0.25, 0.3) is 0 Å². The summed E-state index contributed by atoms with van der Waals surface area (Å²) in [6.07, 6.45) is -4.36. The smallest absolute Gasteiger partial charge is 0.253 e. The lowest BCUT2D eigenvalue weighted by Gasteiger charge is -2.09. The Hall–Kier alpha value is -2.16. The van der Waals surface area contributed by atoms with Crippen LogP contribution < -0.4 is 0 Å². The van der Waals surface area contributed by atoms with Crippen molar-refractivity contribution in [3.63, 3.8) is 0 Å². The molecule has 0 saturated heterocycles. The fraction of sp³-hybridized carbons (Fsp3) is 0.286. The van der Waals surface area contributed by atoms with E-state index in [0.29, 0.717) is 5.75 Å². The number of alkyl halides is 3. The molecule has 0 aliphatic carbocycles. The average Bonchev–Trinajstić information content (AvgIpc) is 2.89. The molecule has 0 spiro atoms. The monoisotopic (exact) mass is 339 g/mol. The summed E-state index contributed by atoms with van der Waals surface area (Å²) in [4.78, 5) is 4.44. The van der Waals surface area contributed by atoms with Crippen molar-refractivity contribution in [2.24, 2.45) is 0 Å². The van der Waals surface area contributed by atoms with Gasteiger partial charge in [-0.1, -0.05) is 30.0 Å². The van der Waals surface area contributed by atoms with Gasteiger partial charge in [0, 0.05) is 16.8 Å². The van der Waals surface area contributed by atoms with Crippen LogP contribution in [0, 0.1) is 6.92 Å². The van der Waals surface area contributed by atoms with Crippen molar-refractivity contribution in [1.82, 2.24) is 25.2 Å². The fourth-order valence-electron chi connectivity index (χ4n) is 2.23. The summed E-state index contributed by atoms with van der Waals surface area (Å²) in [7, 11) is 0. The third-order valence-corrected chi connectivity index (χ3v) is 4.12. The molecular weight excluding hydrogens is 327 g/mol. The van der Waals surface area contributed by atoms with Crippen molar-refractivity contribution in [2.45, 2.75) is 30.6 Å². The third-order valence-electron chi connectivity index (χ3n) is 3.11. The molecule has 0 bridgehead atoms. The molecule has 120 valence electrons. The van der Waals surface area contributed by atoms with Crippen LogP contribution in [-0.4, -0.2) is 31.4 Å². The van der Waals surface area contributed by atoms with Crippen molar-refractivity contribution in [3.05, 3.63) is 41.6 Å². The van der Waals surface area contributed by atoms with Crippen LogP contribution in [0.1, 0.15) is 11.3 Å². The van der Waals surface area contributed by atoms with E-state index in [4.69, 9.17) is 0 Å². The van der Waals surface area contributed by atoms with E-state index in [-0.39, 0.29) is 5.16 Å². The van der Waals surface area contributed by atoms with Crippen LogP contribution in [0.2, 0.25) is 0 Å². The zero-order valence-corrected chi connectivity index (χ0v) is 12.9. The molecule has 3 rings (SSSR count). The molecule has 1 aromatic carbocycles. The van der Waals surface area contributed by atoms with Crippen molar-refractivity contribution >= 4 is 22.7 Å². The van der Waals surface area contributed by atoms with Crippen molar-refractivity contribution in [2.75, 3.05) is 0 Å². The van der Waals surface area contributed by atoms with Gasteiger partial charge >= 0.3 is 6.18 Å². The molecule has 0 fully saturated rings. The van der Waals surface area contributed by atoms with Gasteiger partial charge in [-0.2, -0.15) is 13.2 Å². The van der Waals surface area contributed by atoms with Gasteiger partial charge in [-0.15, -0.1) is 5.10 Å². The van der Waals surface area contributed by atoms with Crippen molar-refractivity contribution in [3.8, 4) is 0 Å². The van der Waals surface area contributed by atoms with Crippen LogP contribution in [0.15, 0.2) is 35.5 Å². The highest BCUT2D eigenvalue weighted by molar-refractivity contribution is 7.98. The number of pyridine rings is 1. The first-order chi connectivity index (χ1) is 10.9. The number of rotatable bonds is 4. The molecule has 0 radical (unpaired) electrons. The number of aryl methyl sites for hydroxylation is 1. The Morgan fingerprint density at radius 2 is 2.00 bits per heavy atom. The number of hydrogen-bond acceptors (Lipinski definition) is 5. The second kappa shape index (κ2) is 6.15. The quantitative estimate of drug-likeness (QED) is 0.682. The van der Waals surface area contributed by atoms with Gasteiger partial charge in [0.2, 0.25) is 5.16 Å². The van der Waals surface area contributed by atoms with Crippen LogP contribution in [-0.2, 0) is 12.3 Å². The standard InChI is InChI=1S/C14H12F3N5S/c1-9-6-10(11-4-2-3-5-12(11)18-9)7-23-13-19-20-21-22(13)8-14(15,16)17/h2-6H,7-8H2,1H3. The maximum Gasteiger partial charge on any atom is 0.408 e. The van der Waals surface area contributed by atoms with Crippen LogP contribution in [0.3, 0.4) is 0 Å². The first-order valence-electron chi connectivity index (χ1n) is 6.73. The summed E-state index contributed by atoms with van der Waals surface area (Å²) in [5.41, 5.74) is 2.70. The predicted molar refractivity (Wildman–Crippen MR) is 79.9 cm³/mol. The molecule has 0 saturated carbocycles. The van der Waals surface area contributed by atoms with Crippen molar-refractivity contribution < 1.29 is 13.2 Å². The summed E-state index contributed by atoms with van der Waals surface area (Å²) in [6, 6.07) is 9.57. The molecule has 3 aromatic rings. The van der Waals surface area contributed by atoms with Crippen LogP contribution >= 0.6 is 11.8 Å². The Labute approximate surface area is 133 Å². The summed E-state index contributed by atoms with van der Waals surface area (Å²) in [5, 5.41) is 11.5. The molecule has 9 heteroatoms. The van der Waals surface area contributed by atoms with Gasteiger partial charge in [-0.05, 0) is 35.0 Å². The number of thioether (sulfide) groups is 1. The molecule has 0 N–H and O–H groups in total. The molecule has 5 nitrogen and oxygen atoms in total.